The quantitative estimate of drug-likeness (QED) is 0.507. The molecule has 6 heteroatoms. The molecule has 0 aliphatic carbocycles. The Hall–Kier alpha value is -3.09. The van der Waals surface area contributed by atoms with Crippen LogP contribution in [0.4, 0.5) is 8.78 Å². The van der Waals surface area contributed by atoms with Gasteiger partial charge in [0.1, 0.15) is 11.6 Å². The zero-order chi connectivity index (χ0) is 21.4. The Morgan fingerprint density at radius 3 is 2.68 bits per heavy atom. The molecule has 2 aromatic carbocycles. The second-order valence-corrected chi connectivity index (χ2v) is 8.21. The zero-order valence-corrected chi connectivity index (χ0v) is 17.4. The first-order valence-electron chi connectivity index (χ1n) is 10.5. The third-order valence-corrected chi connectivity index (χ3v) is 6.07. The number of aromatic amines is 1. The van der Waals surface area contributed by atoms with Crippen LogP contribution in [0.5, 0.6) is 0 Å². The Balaban J connectivity index is 1.45. The van der Waals surface area contributed by atoms with Gasteiger partial charge in [0.2, 0.25) is 0 Å². The van der Waals surface area contributed by atoms with Crippen molar-refractivity contribution in [2.75, 3.05) is 26.7 Å². The fraction of sp³-hybridized carbons (Fsp3) is 0.240. The first-order valence-corrected chi connectivity index (χ1v) is 10.5. The van der Waals surface area contributed by atoms with E-state index in [2.05, 4.69) is 21.8 Å². The standard InChI is InChI=1S/C25H24F2N4/c1-30-12-13-31(25(16-30)17-2-5-20(26)6-3-17)15-19-14-18(4-7-21(19)27)22-8-9-23-24(29-22)10-11-28-23/h2-11,14,25,28H,12-13,15-16H2,1H3/t25-/m1/s1. The van der Waals surface area contributed by atoms with Gasteiger partial charge in [-0.1, -0.05) is 12.1 Å². The van der Waals surface area contributed by atoms with Gasteiger partial charge in [-0.25, -0.2) is 13.8 Å². The van der Waals surface area contributed by atoms with E-state index in [4.69, 9.17) is 4.98 Å². The van der Waals surface area contributed by atoms with Gasteiger partial charge in [0, 0.05) is 49.5 Å². The van der Waals surface area contributed by atoms with Crippen molar-refractivity contribution in [1.82, 2.24) is 19.8 Å². The molecule has 1 aliphatic heterocycles. The number of fused-ring (bicyclic) bond motifs is 1. The molecule has 1 aliphatic rings. The van der Waals surface area contributed by atoms with E-state index in [-0.39, 0.29) is 17.7 Å². The topological polar surface area (TPSA) is 35.2 Å². The summed E-state index contributed by atoms with van der Waals surface area (Å²) < 4.78 is 28.2. The maximum Gasteiger partial charge on any atom is 0.127 e. The van der Waals surface area contributed by atoms with Gasteiger partial charge in [0.05, 0.1) is 16.7 Å². The van der Waals surface area contributed by atoms with Crippen LogP contribution in [0.1, 0.15) is 17.2 Å². The van der Waals surface area contributed by atoms with Crippen molar-refractivity contribution in [1.29, 1.82) is 0 Å². The first kappa shape index (κ1) is 19.8. The summed E-state index contributed by atoms with van der Waals surface area (Å²) in [4.78, 5) is 12.4. The summed E-state index contributed by atoms with van der Waals surface area (Å²) in [7, 11) is 2.08. The highest BCUT2D eigenvalue weighted by Crippen LogP contribution is 2.29. The molecular formula is C25H24F2N4. The van der Waals surface area contributed by atoms with Crippen molar-refractivity contribution in [2.45, 2.75) is 12.6 Å². The lowest BCUT2D eigenvalue weighted by Gasteiger charge is -2.40. The molecule has 4 nitrogen and oxygen atoms in total. The van der Waals surface area contributed by atoms with Crippen LogP contribution < -0.4 is 0 Å². The van der Waals surface area contributed by atoms with Crippen molar-refractivity contribution in [3.63, 3.8) is 0 Å². The number of rotatable bonds is 4. The number of H-pyrrole nitrogens is 1. The van der Waals surface area contributed by atoms with Crippen molar-refractivity contribution >= 4 is 11.0 Å². The van der Waals surface area contributed by atoms with E-state index in [0.717, 1.165) is 47.5 Å². The van der Waals surface area contributed by atoms with Gasteiger partial charge in [-0.3, -0.25) is 4.90 Å². The van der Waals surface area contributed by atoms with Crippen molar-refractivity contribution in [3.05, 3.63) is 89.6 Å². The van der Waals surface area contributed by atoms with Gasteiger partial charge < -0.3 is 9.88 Å². The van der Waals surface area contributed by atoms with Gasteiger partial charge >= 0.3 is 0 Å². The predicted octanol–water partition coefficient (Wildman–Crippen LogP) is 5.00. The number of nitrogens with zero attached hydrogens (tertiary/aromatic N) is 3. The van der Waals surface area contributed by atoms with E-state index < -0.39 is 0 Å². The minimum absolute atomic E-state index is 0.0803. The van der Waals surface area contributed by atoms with Crippen molar-refractivity contribution < 1.29 is 8.78 Å². The molecule has 3 heterocycles. The van der Waals surface area contributed by atoms with E-state index in [1.54, 1.807) is 6.07 Å². The summed E-state index contributed by atoms with van der Waals surface area (Å²) in [6.45, 7) is 3.03. The summed E-state index contributed by atoms with van der Waals surface area (Å²) in [6, 6.07) is 17.8. The third-order valence-electron chi connectivity index (χ3n) is 6.07. The summed E-state index contributed by atoms with van der Waals surface area (Å²) >= 11 is 0. The molecule has 1 fully saturated rings. The van der Waals surface area contributed by atoms with E-state index in [9.17, 15) is 8.78 Å². The van der Waals surface area contributed by atoms with Gasteiger partial charge in [-0.2, -0.15) is 0 Å². The average Bonchev–Trinajstić information content (AvgIpc) is 3.25. The number of likely N-dealkylation sites (N-methyl/N-ethyl adjacent to an activating group) is 1. The summed E-state index contributed by atoms with van der Waals surface area (Å²) in [6.07, 6.45) is 1.86. The van der Waals surface area contributed by atoms with Crippen LogP contribution in [-0.2, 0) is 6.54 Å². The molecule has 31 heavy (non-hydrogen) atoms. The maximum absolute atomic E-state index is 14.8. The van der Waals surface area contributed by atoms with Crippen LogP contribution in [0.15, 0.2) is 66.9 Å². The van der Waals surface area contributed by atoms with Crippen molar-refractivity contribution in [3.8, 4) is 11.3 Å². The van der Waals surface area contributed by atoms with Crippen LogP contribution in [0.3, 0.4) is 0 Å². The molecule has 0 radical (unpaired) electrons. The molecule has 158 valence electrons. The lowest BCUT2D eigenvalue weighted by atomic mass is 10.0. The molecule has 1 N–H and O–H groups in total. The molecule has 0 bridgehead atoms. The second-order valence-electron chi connectivity index (χ2n) is 8.21. The summed E-state index contributed by atoms with van der Waals surface area (Å²) in [5.74, 6) is -0.464. The Bertz CT molecular complexity index is 1200. The normalized spacial score (nSPS) is 18.0. The molecule has 0 spiro atoms. The van der Waals surface area contributed by atoms with Crippen LogP contribution in [-0.4, -0.2) is 46.4 Å². The van der Waals surface area contributed by atoms with E-state index >= 15 is 0 Å². The van der Waals surface area contributed by atoms with Gasteiger partial charge in [0.25, 0.3) is 0 Å². The second kappa shape index (κ2) is 8.21. The van der Waals surface area contributed by atoms with E-state index in [0.29, 0.717) is 12.1 Å². The Labute approximate surface area is 180 Å². The van der Waals surface area contributed by atoms with E-state index in [1.165, 1.54) is 18.2 Å². The molecule has 1 saturated heterocycles. The molecular weight excluding hydrogens is 394 g/mol. The highest BCUT2D eigenvalue weighted by atomic mass is 19.1. The number of pyridine rings is 1. The number of benzene rings is 2. The predicted molar refractivity (Wildman–Crippen MR) is 119 cm³/mol. The van der Waals surface area contributed by atoms with Crippen molar-refractivity contribution in [2.24, 2.45) is 0 Å². The molecule has 0 saturated carbocycles. The lowest BCUT2D eigenvalue weighted by molar-refractivity contribution is 0.0824. The number of hydrogen-bond donors (Lipinski definition) is 1. The fourth-order valence-electron chi connectivity index (χ4n) is 4.32. The average molecular weight is 418 g/mol. The third kappa shape index (κ3) is 4.09. The minimum atomic E-state index is -0.245. The minimum Gasteiger partial charge on any atom is -0.360 e. The Morgan fingerprint density at radius 2 is 1.84 bits per heavy atom. The Kier molecular flexibility index (Phi) is 5.26. The van der Waals surface area contributed by atoms with Crippen LogP contribution >= 0.6 is 0 Å². The molecule has 1 atom stereocenters. The van der Waals surface area contributed by atoms with Crippen LogP contribution in [0.2, 0.25) is 0 Å². The number of halogens is 2. The lowest BCUT2D eigenvalue weighted by Crippen LogP contribution is -2.46. The summed E-state index contributed by atoms with van der Waals surface area (Å²) in [5, 5.41) is 0. The fourth-order valence-corrected chi connectivity index (χ4v) is 4.32. The molecule has 2 aromatic heterocycles. The monoisotopic (exact) mass is 418 g/mol. The number of aromatic nitrogens is 2. The highest BCUT2D eigenvalue weighted by Gasteiger charge is 2.27. The smallest absolute Gasteiger partial charge is 0.127 e. The number of nitrogens with one attached hydrogen (secondary N) is 1. The Morgan fingerprint density at radius 1 is 1.00 bits per heavy atom. The molecule has 0 amide bonds. The first-order chi connectivity index (χ1) is 15.1. The maximum atomic E-state index is 14.8. The van der Waals surface area contributed by atoms with Gasteiger partial charge in [-0.05, 0) is 61.1 Å². The van der Waals surface area contributed by atoms with E-state index in [1.807, 2.05) is 42.6 Å². The van der Waals surface area contributed by atoms with Gasteiger partial charge in [-0.15, -0.1) is 0 Å². The van der Waals surface area contributed by atoms with Gasteiger partial charge in [0.15, 0.2) is 0 Å². The highest BCUT2D eigenvalue weighted by molar-refractivity contribution is 5.78. The molecule has 4 aromatic rings. The van der Waals surface area contributed by atoms with Crippen LogP contribution in [0, 0.1) is 11.6 Å². The zero-order valence-electron chi connectivity index (χ0n) is 17.4. The SMILES string of the molecule is CN1CCN(Cc2cc(-c3ccc4[nH]ccc4n3)ccc2F)[C@@H](c2ccc(F)cc2)C1. The number of piperazine rings is 1. The number of hydrogen-bond acceptors (Lipinski definition) is 3. The molecule has 0 unspecified atom stereocenters. The van der Waals surface area contributed by atoms with Crippen LogP contribution in [0.25, 0.3) is 22.3 Å². The molecule has 5 rings (SSSR count). The largest absolute Gasteiger partial charge is 0.360 e. The summed E-state index contributed by atoms with van der Waals surface area (Å²) in [5.41, 5.74) is 5.27.